The van der Waals surface area contributed by atoms with Gasteiger partial charge in [0.2, 0.25) is 0 Å². The van der Waals surface area contributed by atoms with E-state index >= 15 is 0 Å². The Hall–Kier alpha value is -1.30. The van der Waals surface area contributed by atoms with E-state index in [1.54, 1.807) is 0 Å². The van der Waals surface area contributed by atoms with Gasteiger partial charge in [-0.3, -0.25) is 0 Å². The molecule has 22 heavy (non-hydrogen) atoms. The predicted octanol–water partition coefficient (Wildman–Crippen LogP) is -2.65. The fourth-order valence-corrected chi connectivity index (χ4v) is 1.46. The van der Waals surface area contributed by atoms with Gasteiger partial charge in [0.15, 0.2) is 0 Å². The molecular formula is C12H24N2O8. The Morgan fingerprint density at radius 3 is 1.14 bits per heavy atom. The molecule has 0 aliphatic carbocycles. The zero-order chi connectivity index (χ0) is 17.2. The summed E-state index contributed by atoms with van der Waals surface area (Å²) in [6.45, 7) is 2.75. The van der Waals surface area contributed by atoms with Crippen molar-refractivity contribution >= 4 is 11.9 Å². The number of carboxylic acids is 2. The molecule has 2 rings (SSSR count). The molecule has 2 aliphatic rings. The van der Waals surface area contributed by atoms with Gasteiger partial charge in [-0.05, 0) is 12.8 Å². The van der Waals surface area contributed by atoms with Crippen LogP contribution in [0.25, 0.3) is 0 Å². The lowest BCUT2D eigenvalue weighted by atomic mass is 9.95. The average Bonchev–Trinajstić information content (AvgIpc) is 2.37. The number of hydrogen-bond acceptors (Lipinski definition) is 8. The van der Waals surface area contributed by atoms with Gasteiger partial charge in [0, 0.05) is 13.2 Å². The molecule has 0 radical (unpaired) electrons. The topological polar surface area (TPSA) is 186 Å². The summed E-state index contributed by atoms with van der Waals surface area (Å²) in [4.78, 5) is 18.2. The smallest absolute Gasteiger partial charge is 0.414 e. The highest BCUT2D eigenvalue weighted by Gasteiger charge is 2.33. The molecule has 2 saturated heterocycles. The van der Waals surface area contributed by atoms with E-state index < -0.39 is 11.9 Å². The minimum absolute atomic E-state index is 0.167. The van der Waals surface area contributed by atoms with Crippen LogP contribution in [0.5, 0.6) is 0 Å². The molecule has 0 bridgehead atoms. The fourth-order valence-electron chi connectivity index (χ4n) is 1.46. The maximum absolute atomic E-state index is 9.10. The van der Waals surface area contributed by atoms with Crippen LogP contribution in [0.15, 0.2) is 0 Å². The zero-order valence-electron chi connectivity index (χ0n) is 12.2. The molecule has 0 aromatic heterocycles. The lowest BCUT2D eigenvalue weighted by molar-refractivity contribution is -0.159. The van der Waals surface area contributed by atoms with Crippen LogP contribution in [0.3, 0.4) is 0 Å². The Labute approximate surface area is 127 Å². The first-order chi connectivity index (χ1) is 10.2. The first-order valence-corrected chi connectivity index (χ1v) is 6.59. The summed E-state index contributed by atoms with van der Waals surface area (Å²) in [6, 6.07) is 0. The molecule has 0 amide bonds. The monoisotopic (exact) mass is 324 g/mol. The summed E-state index contributed by atoms with van der Waals surface area (Å²) in [5, 5.41) is 31.6. The Morgan fingerprint density at radius 2 is 1.09 bits per heavy atom. The Bertz CT molecular complexity index is 321. The number of rotatable bonds is 4. The van der Waals surface area contributed by atoms with E-state index in [1.807, 2.05) is 0 Å². The van der Waals surface area contributed by atoms with Crippen LogP contribution in [0.1, 0.15) is 12.8 Å². The number of aliphatic hydroxyl groups excluding tert-OH is 2. The molecular weight excluding hydrogens is 300 g/mol. The van der Waals surface area contributed by atoms with E-state index in [9.17, 15) is 0 Å². The summed E-state index contributed by atoms with van der Waals surface area (Å²) < 4.78 is 9.71. The highest BCUT2D eigenvalue weighted by molar-refractivity contribution is 6.27. The van der Waals surface area contributed by atoms with Crippen molar-refractivity contribution in [3.05, 3.63) is 0 Å². The van der Waals surface area contributed by atoms with E-state index in [0.717, 1.165) is 0 Å². The van der Waals surface area contributed by atoms with Gasteiger partial charge in [-0.15, -0.1) is 0 Å². The van der Waals surface area contributed by atoms with Crippen LogP contribution < -0.4 is 11.5 Å². The lowest BCUT2D eigenvalue weighted by Crippen LogP contribution is -2.57. The van der Waals surface area contributed by atoms with E-state index in [1.165, 1.54) is 0 Å². The maximum Gasteiger partial charge on any atom is 0.414 e. The van der Waals surface area contributed by atoms with Crippen LogP contribution in [0.2, 0.25) is 0 Å². The van der Waals surface area contributed by atoms with Crippen molar-refractivity contribution in [2.45, 2.75) is 23.9 Å². The predicted molar refractivity (Wildman–Crippen MR) is 74.2 cm³/mol. The van der Waals surface area contributed by atoms with Crippen LogP contribution in [-0.2, 0) is 19.1 Å². The zero-order valence-corrected chi connectivity index (χ0v) is 12.2. The van der Waals surface area contributed by atoms with Crippen molar-refractivity contribution in [1.29, 1.82) is 0 Å². The Balaban J connectivity index is 0.000000306. The molecule has 2 heterocycles. The van der Waals surface area contributed by atoms with E-state index in [2.05, 4.69) is 0 Å². The first kappa shape index (κ1) is 20.7. The number of nitrogens with two attached hydrogens (primary N) is 2. The number of carboxylic acid groups (broad SMARTS) is 2. The first-order valence-electron chi connectivity index (χ1n) is 6.59. The maximum atomic E-state index is 9.10. The Morgan fingerprint density at radius 1 is 0.818 bits per heavy atom. The molecule has 0 unspecified atom stereocenters. The van der Waals surface area contributed by atoms with Gasteiger partial charge < -0.3 is 41.4 Å². The summed E-state index contributed by atoms with van der Waals surface area (Å²) in [5.41, 5.74) is 10.9. The van der Waals surface area contributed by atoms with Crippen molar-refractivity contribution in [2.24, 2.45) is 11.5 Å². The average molecular weight is 324 g/mol. The van der Waals surface area contributed by atoms with Gasteiger partial charge in [0.05, 0.1) is 37.5 Å². The van der Waals surface area contributed by atoms with Crippen LogP contribution in [0.4, 0.5) is 0 Å². The molecule has 0 atom stereocenters. The number of aliphatic carboxylic acids is 2. The highest BCUT2D eigenvalue weighted by Crippen LogP contribution is 2.16. The van der Waals surface area contributed by atoms with Gasteiger partial charge in [-0.1, -0.05) is 0 Å². The number of hydrogen-bond donors (Lipinski definition) is 6. The molecule has 10 heteroatoms. The third kappa shape index (κ3) is 8.22. The normalized spacial score (nSPS) is 20.0. The van der Waals surface area contributed by atoms with E-state index in [0.29, 0.717) is 39.3 Å². The number of aliphatic hydroxyl groups is 2. The van der Waals surface area contributed by atoms with Gasteiger partial charge in [0.1, 0.15) is 0 Å². The lowest BCUT2D eigenvalue weighted by Gasteiger charge is -2.37. The van der Waals surface area contributed by atoms with Crippen LogP contribution in [0, 0.1) is 0 Å². The quantitative estimate of drug-likeness (QED) is 0.298. The van der Waals surface area contributed by atoms with Gasteiger partial charge in [-0.25, -0.2) is 9.59 Å². The van der Waals surface area contributed by atoms with E-state index in [-0.39, 0.29) is 24.3 Å². The molecule has 0 aromatic carbocycles. The fraction of sp³-hybridized carbons (Fsp3) is 0.833. The molecule has 0 saturated carbocycles. The molecule has 8 N–H and O–H groups in total. The highest BCUT2D eigenvalue weighted by atomic mass is 16.5. The summed E-state index contributed by atoms with van der Waals surface area (Å²) in [7, 11) is 0. The number of carbonyl (C=O) groups is 2. The van der Waals surface area contributed by atoms with Crippen molar-refractivity contribution in [1.82, 2.24) is 0 Å². The third-order valence-corrected chi connectivity index (χ3v) is 2.96. The molecule has 10 nitrogen and oxygen atoms in total. The van der Waals surface area contributed by atoms with Gasteiger partial charge >= 0.3 is 11.9 Å². The molecule has 130 valence electrons. The second-order valence-corrected chi connectivity index (χ2v) is 5.27. The molecule has 2 fully saturated rings. The Kier molecular flexibility index (Phi) is 9.09. The summed E-state index contributed by atoms with van der Waals surface area (Å²) >= 11 is 0. The van der Waals surface area contributed by atoms with Gasteiger partial charge in [0.25, 0.3) is 0 Å². The molecule has 0 spiro atoms. The van der Waals surface area contributed by atoms with Gasteiger partial charge in [-0.2, -0.15) is 0 Å². The van der Waals surface area contributed by atoms with Crippen LogP contribution in [-0.4, -0.2) is 83.1 Å². The second-order valence-electron chi connectivity index (χ2n) is 5.27. The minimum Gasteiger partial charge on any atom is -0.473 e. The second kappa shape index (κ2) is 9.66. The molecule has 0 aromatic rings. The van der Waals surface area contributed by atoms with Crippen molar-refractivity contribution in [3.63, 3.8) is 0 Å². The minimum atomic E-state index is -1.82. The number of ether oxygens (including phenoxy) is 2. The van der Waals surface area contributed by atoms with Crippen molar-refractivity contribution < 1.29 is 39.5 Å². The SMILES string of the molecule is NC1(CCO)COC1.NC1(CCO)COC1.O=C(O)C(=O)O. The van der Waals surface area contributed by atoms with E-state index in [4.69, 9.17) is 51.0 Å². The van der Waals surface area contributed by atoms with Crippen LogP contribution >= 0.6 is 0 Å². The van der Waals surface area contributed by atoms with Crippen molar-refractivity contribution in [3.8, 4) is 0 Å². The summed E-state index contributed by atoms with van der Waals surface area (Å²) in [6.07, 6.45) is 1.32. The molecule has 2 aliphatic heterocycles. The standard InChI is InChI=1S/2C5H11NO2.C2H2O4/c2*6-5(1-2-7)3-8-4-5;3-1(4)2(5)6/h2*7H,1-4,6H2;(H,3,4)(H,5,6). The largest absolute Gasteiger partial charge is 0.473 e. The van der Waals surface area contributed by atoms with Crippen molar-refractivity contribution in [2.75, 3.05) is 39.6 Å². The summed E-state index contributed by atoms with van der Waals surface area (Å²) in [5.74, 6) is -3.65. The third-order valence-electron chi connectivity index (χ3n) is 2.96.